The van der Waals surface area contributed by atoms with Crippen LogP contribution in [0.3, 0.4) is 0 Å². The smallest absolute Gasteiger partial charge is 0.398 e. The highest BCUT2D eigenvalue weighted by molar-refractivity contribution is 9.10. The van der Waals surface area contributed by atoms with Crippen molar-refractivity contribution in [3.05, 3.63) is 27.7 Å². The van der Waals surface area contributed by atoms with Crippen molar-refractivity contribution in [2.24, 2.45) is 0 Å². The number of nitrogens with two attached hydrogens (primary N) is 1. The van der Waals surface area contributed by atoms with Gasteiger partial charge in [-0.2, -0.15) is 18.4 Å². The molecule has 0 aliphatic heterocycles. The van der Waals surface area contributed by atoms with Crippen LogP contribution in [0.1, 0.15) is 11.1 Å². The van der Waals surface area contributed by atoms with E-state index in [1.54, 1.807) is 0 Å². The molecule has 0 aliphatic rings. The first kappa shape index (κ1) is 10.9. The highest BCUT2D eigenvalue weighted by atomic mass is 79.9. The van der Waals surface area contributed by atoms with E-state index in [9.17, 15) is 13.2 Å². The third-order valence-corrected chi connectivity index (χ3v) is 2.01. The fourth-order valence-electron chi connectivity index (χ4n) is 0.976. The molecule has 0 bridgehead atoms. The molecule has 1 aromatic rings. The van der Waals surface area contributed by atoms with Crippen molar-refractivity contribution in [3.8, 4) is 6.07 Å². The van der Waals surface area contributed by atoms with E-state index in [4.69, 9.17) is 11.0 Å². The Morgan fingerprint density at radius 2 is 1.93 bits per heavy atom. The summed E-state index contributed by atoms with van der Waals surface area (Å²) in [5.74, 6) is 0. The molecule has 74 valence electrons. The van der Waals surface area contributed by atoms with Gasteiger partial charge in [0.2, 0.25) is 0 Å². The number of nitriles is 1. The van der Waals surface area contributed by atoms with E-state index in [2.05, 4.69) is 15.9 Å². The summed E-state index contributed by atoms with van der Waals surface area (Å²) in [6.07, 6.45) is -4.57. The molecule has 14 heavy (non-hydrogen) atoms. The molecule has 0 heterocycles. The first-order chi connectivity index (χ1) is 6.36. The number of nitrogens with zero attached hydrogens (tertiary/aromatic N) is 1. The Labute approximate surface area is 86.3 Å². The Balaban J connectivity index is 3.50. The van der Waals surface area contributed by atoms with Crippen LogP contribution in [0.2, 0.25) is 0 Å². The van der Waals surface area contributed by atoms with Crippen molar-refractivity contribution in [2.75, 3.05) is 5.73 Å². The van der Waals surface area contributed by atoms with Crippen molar-refractivity contribution in [3.63, 3.8) is 0 Å². The molecular formula is C8H4BrF3N2. The van der Waals surface area contributed by atoms with Gasteiger partial charge in [-0.05, 0) is 12.1 Å². The molecule has 0 amide bonds. The van der Waals surface area contributed by atoms with Crippen molar-refractivity contribution in [2.45, 2.75) is 6.18 Å². The fourth-order valence-corrected chi connectivity index (χ4v) is 1.45. The maximum Gasteiger partial charge on any atom is 0.417 e. The summed E-state index contributed by atoms with van der Waals surface area (Å²) in [6.45, 7) is 0. The van der Waals surface area contributed by atoms with E-state index in [0.717, 1.165) is 6.07 Å². The van der Waals surface area contributed by atoms with E-state index < -0.39 is 17.3 Å². The van der Waals surface area contributed by atoms with Gasteiger partial charge in [-0.15, -0.1) is 0 Å². The molecule has 2 N–H and O–H groups in total. The van der Waals surface area contributed by atoms with Gasteiger partial charge >= 0.3 is 6.18 Å². The molecule has 0 unspecified atom stereocenters. The van der Waals surface area contributed by atoms with Gasteiger partial charge in [-0.25, -0.2) is 0 Å². The SMILES string of the molecule is N#Cc1c(N)cc(Br)cc1C(F)(F)F. The first-order valence-electron chi connectivity index (χ1n) is 3.42. The number of hydrogen-bond acceptors (Lipinski definition) is 2. The topological polar surface area (TPSA) is 49.8 Å². The summed E-state index contributed by atoms with van der Waals surface area (Å²) in [4.78, 5) is 0. The zero-order chi connectivity index (χ0) is 10.9. The van der Waals surface area contributed by atoms with Crippen molar-refractivity contribution in [1.82, 2.24) is 0 Å². The summed E-state index contributed by atoms with van der Waals surface area (Å²) in [7, 11) is 0. The Morgan fingerprint density at radius 3 is 2.36 bits per heavy atom. The Bertz CT molecular complexity index is 406. The van der Waals surface area contributed by atoms with E-state index in [-0.39, 0.29) is 10.2 Å². The molecular weight excluding hydrogens is 261 g/mol. The summed E-state index contributed by atoms with van der Waals surface area (Å²) < 4.78 is 37.3. The van der Waals surface area contributed by atoms with Gasteiger partial charge in [-0.3, -0.25) is 0 Å². The quantitative estimate of drug-likeness (QED) is 0.733. The lowest BCUT2D eigenvalue weighted by molar-refractivity contribution is -0.137. The van der Waals surface area contributed by atoms with E-state index in [0.29, 0.717) is 0 Å². The molecule has 0 fully saturated rings. The van der Waals surface area contributed by atoms with Gasteiger partial charge in [0, 0.05) is 4.47 Å². The average molecular weight is 265 g/mol. The van der Waals surface area contributed by atoms with Gasteiger partial charge in [0.25, 0.3) is 0 Å². The maximum absolute atomic E-state index is 12.4. The standard InChI is InChI=1S/C8H4BrF3N2/c9-4-1-6(8(10,11)12)5(3-13)7(14)2-4/h1-2H,14H2. The van der Waals surface area contributed by atoms with Gasteiger partial charge in [-0.1, -0.05) is 15.9 Å². The number of alkyl halides is 3. The molecule has 6 heteroatoms. The van der Waals surface area contributed by atoms with Crippen LogP contribution in [0.5, 0.6) is 0 Å². The number of hydrogen-bond donors (Lipinski definition) is 1. The third-order valence-electron chi connectivity index (χ3n) is 1.55. The van der Waals surface area contributed by atoms with Crippen LogP contribution in [0, 0.1) is 11.3 Å². The summed E-state index contributed by atoms with van der Waals surface area (Å²) in [6, 6.07) is 3.52. The number of benzene rings is 1. The summed E-state index contributed by atoms with van der Waals surface area (Å²) in [5, 5.41) is 8.51. The second-order valence-corrected chi connectivity index (χ2v) is 3.44. The zero-order valence-corrected chi connectivity index (χ0v) is 8.28. The molecule has 0 atom stereocenters. The number of anilines is 1. The predicted molar refractivity (Wildman–Crippen MR) is 48.3 cm³/mol. The molecule has 2 nitrogen and oxygen atoms in total. The zero-order valence-electron chi connectivity index (χ0n) is 6.69. The van der Waals surface area contributed by atoms with Gasteiger partial charge in [0.15, 0.2) is 0 Å². The second kappa shape index (κ2) is 3.50. The molecule has 0 aromatic heterocycles. The second-order valence-electron chi connectivity index (χ2n) is 2.53. The minimum atomic E-state index is -4.57. The van der Waals surface area contributed by atoms with Crippen LogP contribution in [-0.4, -0.2) is 0 Å². The highest BCUT2D eigenvalue weighted by Gasteiger charge is 2.34. The van der Waals surface area contributed by atoms with Crippen LogP contribution in [0.4, 0.5) is 18.9 Å². The monoisotopic (exact) mass is 264 g/mol. The lowest BCUT2D eigenvalue weighted by Gasteiger charge is -2.10. The van der Waals surface area contributed by atoms with E-state index >= 15 is 0 Å². The third kappa shape index (κ3) is 1.99. The van der Waals surface area contributed by atoms with Crippen molar-refractivity contribution in [1.29, 1.82) is 5.26 Å². The fraction of sp³-hybridized carbons (Fsp3) is 0.125. The summed E-state index contributed by atoms with van der Waals surface area (Å²) >= 11 is 2.88. The number of halogens is 4. The number of nitrogen functional groups attached to an aromatic ring is 1. The molecule has 1 aromatic carbocycles. The van der Waals surface area contributed by atoms with Gasteiger partial charge in [0.05, 0.1) is 16.8 Å². The van der Waals surface area contributed by atoms with Crippen LogP contribution >= 0.6 is 15.9 Å². The van der Waals surface area contributed by atoms with Crippen molar-refractivity contribution < 1.29 is 13.2 Å². The largest absolute Gasteiger partial charge is 0.417 e. The Morgan fingerprint density at radius 1 is 1.36 bits per heavy atom. The Hall–Kier alpha value is -1.22. The summed E-state index contributed by atoms with van der Waals surface area (Å²) in [5.41, 5.74) is 3.53. The van der Waals surface area contributed by atoms with Crippen LogP contribution < -0.4 is 5.73 Å². The maximum atomic E-state index is 12.4. The van der Waals surface area contributed by atoms with Crippen LogP contribution in [-0.2, 0) is 6.18 Å². The van der Waals surface area contributed by atoms with Crippen LogP contribution in [0.25, 0.3) is 0 Å². The van der Waals surface area contributed by atoms with E-state index in [1.165, 1.54) is 12.1 Å². The molecule has 1 rings (SSSR count). The molecule has 0 aliphatic carbocycles. The normalized spacial score (nSPS) is 11.1. The van der Waals surface area contributed by atoms with Gasteiger partial charge < -0.3 is 5.73 Å². The molecule has 0 spiro atoms. The lowest BCUT2D eigenvalue weighted by atomic mass is 10.1. The van der Waals surface area contributed by atoms with E-state index in [1.807, 2.05) is 0 Å². The lowest BCUT2D eigenvalue weighted by Crippen LogP contribution is -2.09. The molecule has 0 radical (unpaired) electrons. The number of rotatable bonds is 0. The highest BCUT2D eigenvalue weighted by Crippen LogP contribution is 2.36. The first-order valence-corrected chi connectivity index (χ1v) is 4.22. The average Bonchev–Trinajstić information content (AvgIpc) is 2.01. The van der Waals surface area contributed by atoms with Crippen LogP contribution in [0.15, 0.2) is 16.6 Å². The Kier molecular flexibility index (Phi) is 2.71. The van der Waals surface area contributed by atoms with Crippen molar-refractivity contribution >= 4 is 21.6 Å². The van der Waals surface area contributed by atoms with Gasteiger partial charge in [0.1, 0.15) is 6.07 Å². The predicted octanol–water partition coefficient (Wildman–Crippen LogP) is 2.92. The molecule has 0 saturated heterocycles. The minimum Gasteiger partial charge on any atom is -0.398 e. The minimum absolute atomic E-state index is 0.186. The molecule has 0 saturated carbocycles.